The normalized spacial score (nSPS) is 11.9. The average molecular weight is 274 g/mol. The van der Waals surface area contributed by atoms with Crippen LogP contribution in [0.1, 0.15) is 28.5 Å². The molecular weight excluding hydrogens is 259 g/mol. The molecule has 0 aliphatic heterocycles. The first-order valence-corrected chi connectivity index (χ1v) is 6.21. The van der Waals surface area contributed by atoms with E-state index in [9.17, 15) is 9.65 Å². The standard InChI is InChI=1S/C15H15FN2O2/c1-9-13(10(2)20-18-9)6-11(8-17)14-7-12(16)4-5-15(14)19-3/h4-5,7,11H,6H2,1-3H3. The van der Waals surface area contributed by atoms with Crippen molar-refractivity contribution in [1.29, 1.82) is 5.26 Å². The van der Waals surface area contributed by atoms with Crippen molar-refractivity contribution < 1.29 is 13.7 Å². The second-order valence-electron chi connectivity index (χ2n) is 4.57. The highest BCUT2D eigenvalue weighted by atomic mass is 19.1. The van der Waals surface area contributed by atoms with Crippen LogP contribution in [0.3, 0.4) is 0 Å². The molecule has 0 amide bonds. The molecule has 1 aromatic heterocycles. The maximum absolute atomic E-state index is 13.4. The summed E-state index contributed by atoms with van der Waals surface area (Å²) in [5.41, 5.74) is 2.16. The van der Waals surface area contributed by atoms with Gasteiger partial charge < -0.3 is 9.26 Å². The number of aryl methyl sites for hydroxylation is 2. The topological polar surface area (TPSA) is 59.0 Å². The zero-order valence-corrected chi connectivity index (χ0v) is 11.6. The lowest BCUT2D eigenvalue weighted by molar-refractivity contribution is 0.391. The lowest BCUT2D eigenvalue weighted by Gasteiger charge is -2.13. The SMILES string of the molecule is COc1ccc(F)cc1C(C#N)Cc1c(C)noc1C. The quantitative estimate of drug-likeness (QED) is 0.858. The highest BCUT2D eigenvalue weighted by Gasteiger charge is 2.21. The van der Waals surface area contributed by atoms with Crippen molar-refractivity contribution in [1.82, 2.24) is 5.16 Å². The van der Waals surface area contributed by atoms with Gasteiger partial charge in [-0.15, -0.1) is 0 Å². The molecule has 0 bridgehead atoms. The number of halogens is 1. The van der Waals surface area contributed by atoms with Crippen LogP contribution >= 0.6 is 0 Å². The van der Waals surface area contributed by atoms with Gasteiger partial charge in [0.05, 0.1) is 24.8 Å². The zero-order chi connectivity index (χ0) is 14.7. The highest BCUT2D eigenvalue weighted by molar-refractivity contribution is 5.41. The summed E-state index contributed by atoms with van der Waals surface area (Å²) in [5, 5.41) is 13.3. The number of hydrogen-bond donors (Lipinski definition) is 0. The van der Waals surface area contributed by atoms with Crippen LogP contribution in [0.4, 0.5) is 4.39 Å². The summed E-state index contributed by atoms with van der Waals surface area (Å²) in [6, 6.07) is 6.38. The molecule has 4 nitrogen and oxygen atoms in total. The van der Waals surface area contributed by atoms with E-state index < -0.39 is 5.92 Å². The Balaban J connectivity index is 2.39. The van der Waals surface area contributed by atoms with Crippen molar-refractivity contribution in [2.45, 2.75) is 26.2 Å². The van der Waals surface area contributed by atoms with E-state index >= 15 is 0 Å². The number of benzene rings is 1. The van der Waals surface area contributed by atoms with Gasteiger partial charge in [-0.3, -0.25) is 0 Å². The number of methoxy groups -OCH3 is 1. The zero-order valence-electron chi connectivity index (χ0n) is 11.6. The largest absolute Gasteiger partial charge is 0.496 e. The van der Waals surface area contributed by atoms with Gasteiger partial charge in [-0.2, -0.15) is 5.26 Å². The fourth-order valence-electron chi connectivity index (χ4n) is 2.20. The van der Waals surface area contributed by atoms with E-state index in [4.69, 9.17) is 9.26 Å². The molecule has 0 spiro atoms. The molecule has 0 radical (unpaired) electrons. The molecule has 2 rings (SSSR count). The van der Waals surface area contributed by atoms with Crippen LogP contribution in [-0.2, 0) is 6.42 Å². The Morgan fingerprint density at radius 3 is 2.75 bits per heavy atom. The Hall–Kier alpha value is -2.35. The van der Waals surface area contributed by atoms with Crippen molar-refractivity contribution in [3.05, 3.63) is 46.6 Å². The number of hydrogen-bond acceptors (Lipinski definition) is 4. The summed E-state index contributed by atoms with van der Waals surface area (Å²) in [7, 11) is 1.50. The van der Waals surface area contributed by atoms with Crippen molar-refractivity contribution in [2.75, 3.05) is 7.11 Å². The molecule has 1 atom stereocenters. The summed E-state index contributed by atoms with van der Waals surface area (Å²) >= 11 is 0. The molecule has 1 unspecified atom stereocenters. The Kier molecular flexibility index (Phi) is 4.04. The number of rotatable bonds is 4. The fourth-order valence-corrected chi connectivity index (χ4v) is 2.20. The van der Waals surface area contributed by atoms with Gasteiger partial charge in [-0.1, -0.05) is 5.16 Å². The maximum atomic E-state index is 13.4. The monoisotopic (exact) mass is 274 g/mol. The third kappa shape index (κ3) is 2.64. The van der Waals surface area contributed by atoms with E-state index in [-0.39, 0.29) is 5.82 Å². The molecule has 1 aromatic carbocycles. The lowest BCUT2D eigenvalue weighted by Crippen LogP contribution is -2.05. The first-order chi connectivity index (χ1) is 9.56. The number of ether oxygens (including phenoxy) is 1. The van der Waals surface area contributed by atoms with Gasteiger partial charge in [0.25, 0.3) is 0 Å². The molecule has 0 N–H and O–H groups in total. The highest BCUT2D eigenvalue weighted by Crippen LogP contribution is 2.31. The molecule has 2 aromatic rings. The first-order valence-electron chi connectivity index (χ1n) is 6.21. The van der Waals surface area contributed by atoms with Crippen LogP contribution in [0.5, 0.6) is 5.75 Å². The predicted molar refractivity (Wildman–Crippen MR) is 71.0 cm³/mol. The summed E-state index contributed by atoms with van der Waals surface area (Å²) < 4.78 is 23.7. The Morgan fingerprint density at radius 2 is 2.20 bits per heavy atom. The minimum absolute atomic E-state index is 0.389. The van der Waals surface area contributed by atoms with E-state index in [2.05, 4.69) is 11.2 Å². The summed E-state index contributed by atoms with van der Waals surface area (Å²) in [5.74, 6) is 0.278. The van der Waals surface area contributed by atoms with Crippen LogP contribution in [0.2, 0.25) is 0 Å². The molecular formula is C15H15FN2O2. The van der Waals surface area contributed by atoms with Gasteiger partial charge in [-0.25, -0.2) is 4.39 Å². The molecule has 1 heterocycles. The molecule has 20 heavy (non-hydrogen) atoms. The molecule has 0 aliphatic carbocycles. The molecule has 104 valence electrons. The molecule has 5 heteroatoms. The average Bonchev–Trinajstić information content (AvgIpc) is 2.75. The van der Waals surface area contributed by atoms with Crippen LogP contribution < -0.4 is 4.74 Å². The van der Waals surface area contributed by atoms with Crippen LogP contribution in [-0.4, -0.2) is 12.3 Å². The van der Waals surface area contributed by atoms with Crippen molar-refractivity contribution in [3.8, 4) is 11.8 Å². The predicted octanol–water partition coefficient (Wildman–Crippen LogP) is 3.29. The van der Waals surface area contributed by atoms with Gasteiger partial charge in [0.2, 0.25) is 0 Å². The van der Waals surface area contributed by atoms with E-state index in [1.54, 1.807) is 6.92 Å². The van der Waals surface area contributed by atoms with Crippen molar-refractivity contribution in [3.63, 3.8) is 0 Å². The van der Waals surface area contributed by atoms with Gasteiger partial charge in [0.15, 0.2) is 0 Å². The third-order valence-corrected chi connectivity index (χ3v) is 3.31. The van der Waals surface area contributed by atoms with E-state index in [0.29, 0.717) is 23.5 Å². The molecule has 0 saturated carbocycles. The molecule has 0 saturated heterocycles. The van der Waals surface area contributed by atoms with Gasteiger partial charge >= 0.3 is 0 Å². The van der Waals surface area contributed by atoms with Gasteiger partial charge in [0, 0.05) is 11.1 Å². The van der Waals surface area contributed by atoms with Crippen LogP contribution in [0, 0.1) is 31.0 Å². The summed E-state index contributed by atoms with van der Waals surface area (Å²) in [4.78, 5) is 0. The number of nitrogens with zero attached hydrogens (tertiary/aromatic N) is 2. The van der Waals surface area contributed by atoms with Gasteiger partial charge in [-0.05, 0) is 38.5 Å². The Labute approximate surface area is 116 Å². The first kappa shape index (κ1) is 14.1. The van der Waals surface area contributed by atoms with Gasteiger partial charge in [0.1, 0.15) is 17.3 Å². The van der Waals surface area contributed by atoms with Crippen LogP contribution in [0.15, 0.2) is 22.7 Å². The molecule has 0 aliphatic rings. The van der Waals surface area contributed by atoms with Crippen molar-refractivity contribution >= 4 is 0 Å². The Bertz CT molecular complexity index is 639. The fraction of sp³-hybridized carbons (Fsp3) is 0.333. The summed E-state index contributed by atoms with van der Waals surface area (Å²) in [6.45, 7) is 3.62. The second-order valence-corrected chi connectivity index (χ2v) is 4.57. The van der Waals surface area contributed by atoms with E-state index in [0.717, 1.165) is 11.3 Å². The van der Waals surface area contributed by atoms with Crippen molar-refractivity contribution in [2.24, 2.45) is 0 Å². The lowest BCUT2D eigenvalue weighted by atomic mass is 9.91. The maximum Gasteiger partial charge on any atom is 0.137 e. The minimum atomic E-state index is -0.516. The summed E-state index contributed by atoms with van der Waals surface area (Å²) in [6.07, 6.45) is 0.414. The second kappa shape index (κ2) is 5.74. The van der Waals surface area contributed by atoms with E-state index in [1.807, 2.05) is 6.92 Å². The third-order valence-electron chi connectivity index (χ3n) is 3.31. The Morgan fingerprint density at radius 1 is 1.45 bits per heavy atom. The number of aromatic nitrogens is 1. The molecule has 0 fully saturated rings. The minimum Gasteiger partial charge on any atom is -0.496 e. The smallest absolute Gasteiger partial charge is 0.137 e. The van der Waals surface area contributed by atoms with Crippen LogP contribution in [0.25, 0.3) is 0 Å². The number of nitriles is 1. The van der Waals surface area contributed by atoms with E-state index in [1.165, 1.54) is 25.3 Å².